The lowest BCUT2D eigenvalue weighted by Crippen LogP contribution is -2.51. The number of anilines is 1. The Morgan fingerprint density at radius 1 is 1.39 bits per heavy atom. The summed E-state index contributed by atoms with van der Waals surface area (Å²) in [5.41, 5.74) is 2.40. The monoisotopic (exact) mass is 330 g/mol. The molecule has 0 bridgehead atoms. The largest absolute Gasteiger partial charge is 0.367 e. The fourth-order valence-corrected chi connectivity index (χ4v) is 3.25. The molecule has 0 spiro atoms. The van der Waals surface area contributed by atoms with Crippen LogP contribution in [0, 0.1) is 0 Å². The van der Waals surface area contributed by atoms with E-state index in [1.807, 2.05) is 0 Å². The smallest absolute Gasteiger partial charge is 0.0642 e. The van der Waals surface area contributed by atoms with Crippen LogP contribution in [0.3, 0.4) is 0 Å². The summed E-state index contributed by atoms with van der Waals surface area (Å²) in [7, 11) is 0. The van der Waals surface area contributed by atoms with Crippen LogP contribution in [0.5, 0.6) is 0 Å². The quantitative estimate of drug-likeness (QED) is 0.778. The number of hydrogen-bond donors (Lipinski definition) is 0. The molecule has 1 aliphatic rings. The minimum absolute atomic E-state index is 0.593. The van der Waals surface area contributed by atoms with Gasteiger partial charge in [-0.25, -0.2) is 0 Å². The van der Waals surface area contributed by atoms with Crippen molar-refractivity contribution in [1.82, 2.24) is 4.90 Å². The number of likely N-dealkylation sites (N-methyl/N-ethyl adjacent to an activating group) is 1. The van der Waals surface area contributed by atoms with Crippen LogP contribution in [0.25, 0.3) is 0 Å². The Labute approximate surface area is 123 Å². The summed E-state index contributed by atoms with van der Waals surface area (Å²) in [5, 5.41) is 1.72. The molecule has 4 heteroatoms. The molecule has 0 aromatic heterocycles. The van der Waals surface area contributed by atoms with Crippen molar-refractivity contribution in [2.45, 2.75) is 25.2 Å². The van der Waals surface area contributed by atoms with E-state index in [1.165, 1.54) is 11.3 Å². The molecule has 0 amide bonds. The lowest BCUT2D eigenvalue weighted by Gasteiger charge is -2.40. The van der Waals surface area contributed by atoms with Gasteiger partial charge in [0.1, 0.15) is 0 Å². The van der Waals surface area contributed by atoms with Crippen LogP contribution in [-0.4, -0.2) is 37.1 Å². The highest BCUT2D eigenvalue weighted by Gasteiger charge is 2.23. The van der Waals surface area contributed by atoms with Crippen molar-refractivity contribution in [3.8, 4) is 0 Å². The van der Waals surface area contributed by atoms with Crippen molar-refractivity contribution in [2.24, 2.45) is 0 Å². The van der Waals surface area contributed by atoms with Gasteiger partial charge in [-0.05, 0) is 31.2 Å². The van der Waals surface area contributed by atoms with Gasteiger partial charge in [-0.3, -0.25) is 4.90 Å². The van der Waals surface area contributed by atoms with Gasteiger partial charge in [0.25, 0.3) is 0 Å². The summed E-state index contributed by atoms with van der Waals surface area (Å²) in [6, 6.07) is 6.94. The molecule has 2 nitrogen and oxygen atoms in total. The minimum Gasteiger partial charge on any atom is -0.367 e. The molecule has 1 fully saturated rings. The van der Waals surface area contributed by atoms with Crippen LogP contribution in [0.2, 0.25) is 5.02 Å². The van der Waals surface area contributed by atoms with E-state index in [2.05, 4.69) is 57.8 Å². The second kappa shape index (κ2) is 6.27. The molecule has 1 heterocycles. The second-order valence-electron chi connectivity index (χ2n) is 4.84. The van der Waals surface area contributed by atoms with Gasteiger partial charge in [0.2, 0.25) is 0 Å². The Morgan fingerprint density at radius 3 is 2.72 bits per heavy atom. The lowest BCUT2D eigenvalue weighted by atomic mass is 10.1. The van der Waals surface area contributed by atoms with Crippen molar-refractivity contribution in [2.75, 3.05) is 31.1 Å². The third-order valence-electron chi connectivity index (χ3n) is 3.68. The molecule has 0 radical (unpaired) electrons. The maximum atomic E-state index is 6.38. The number of piperazine rings is 1. The van der Waals surface area contributed by atoms with Gasteiger partial charge in [-0.15, -0.1) is 0 Å². The third kappa shape index (κ3) is 3.01. The van der Waals surface area contributed by atoms with Crippen molar-refractivity contribution >= 4 is 33.2 Å². The zero-order valence-electron chi connectivity index (χ0n) is 11.0. The van der Waals surface area contributed by atoms with Crippen LogP contribution in [-0.2, 0) is 5.33 Å². The fourth-order valence-electron chi connectivity index (χ4n) is 2.57. The molecule has 0 aliphatic carbocycles. The average Bonchev–Trinajstić information content (AvgIpc) is 2.38. The maximum Gasteiger partial charge on any atom is 0.0642 e. The first-order valence-corrected chi connectivity index (χ1v) is 7.99. The van der Waals surface area contributed by atoms with Gasteiger partial charge in [0, 0.05) is 31.0 Å². The van der Waals surface area contributed by atoms with Gasteiger partial charge in [0.05, 0.1) is 10.7 Å². The molecule has 0 saturated carbocycles. The summed E-state index contributed by atoms with van der Waals surface area (Å²) in [5.74, 6) is 0. The molecule has 1 aromatic carbocycles. The highest BCUT2D eigenvalue weighted by Crippen LogP contribution is 2.29. The van der Waals surface area contributed by atoms with E-state index in [-0.39, 0.29) is 0 Å². The van der Waals surface area contributed by atoms with Crippen molar-refractivity contribution in [1.29, 1.82) is 0 Å². The van der Waals surface area contributed by atoms with E-state index in [4.69, 9.17) is 11.6 Å². The fraction of sp³-hybridized carbons (Fsp3) is 0.571. The standard InChI is InChI=1S/C14H20BrClN2/c1-3-17-6-7-18(10-11(17)2)14-5-4-12(9-15)8-13(14)16/h4-5,8,11H,3,6-7,9-10H2,1-2H3. The van der Waals surface area contributed by atoms with Crippen molar-refractivity contribution in [3.63, 3.8) is 0 Å². The maximum absolute atomic E-state index is 6.38. The molecule has 1 aliphatic heterocycles. The van der Waals surface area contributed by atoms with E-state index < -0.39 is 0 Å². The minimum atomic E-state index is 0.593. The number of halogens is 2. The Balaban J connectivity index is 2.13. The van der Waals surface area contributed by atoms with Gasteiger partial charge in [0.15, 0.2) is 0 Å². The Hall–Kier alpha value is -0.250. The predicted octanol–water partition coefficient (Wildman–Crippen LogP) is 3.77. The summed E-state index contributed by atoms with van der Waals surface area (Å²) < 4.78 is 0. The highest BCUT2D eigenvalue weighted by atomic mass is 79.9. The van der Waals surface area contributed by atoms with E-state index in [1.54, 1.807) is 0 Å². The Bertz CT molecular complexity index is 411. The van der Waals surface area contributed by atoms with E-state index >= 15 is 0 Å². The van der Waals surface area contributed by atoms with Crippen LogP contribution in [0.1, 0.15) is 19.4 Å². The molecule has 18 heavy (non-hydrogen) atoms. The number of rotatable bonds is 3. The Kier molecular flexibility index (Phi) is 4.93. The van der Waals surface area contributed by atoms with E-state index in [0.717, 1.165) is 36.5 Å². The predicted molar refractivity (Wildman–Crippen MR) is 83.0 cm³/mol. The van der Waals surface area contributed by atoms with Crippen LogP contribution in [0.4, 0.5) is 5.69 Å². The molecule has 1 atom stereocenters. The molecule has 1 aromatic rings. The summed E-state index contributed by atoms with van der Waals surface area (Å²) >= 11 is 9.84. The topological polar surface area (TPSA) is 6.48 Å². The molecule has 1 saturated heterocycles. The van der Waals surface area contributed by atoms with Crippen molar-refractivity contribution < 1.29 is 0 Å². The van der Waals surface area contributed by atoms with Crippen molar-refractivity contribution in [3.05, 3.63) is 28.8 Å². The van der Waals surface area contributed by atoms with Gasteiger partial charge in [-0.1, -0.05) is 40.5 Å². The summed E-state index contributed by atoms with van der Waals surface area (Å²) in [4.78, 5) is 4.91. The number of alkyl halides is 1. The molecule has 1 unspecified atom stereocenters. The zero-order chi connectivity index (χ0) is 13.1. The first-order chi connectivity index (χ1) is 8.65. The van der Waals surface area contributed by atoms with Crippen LogP contribution < -0.4 is 4.90 Å². The first-order valence-electron chi connectivity index (χ1n) is 6.49. The summed E-state index contributed by atoms with van der Waals surface area (Å²) in [6.45, 7) is 8.88. The Morgan fingerprint density at radius 2 is 2.17 bits per heavy atom. The van der Waals surface area contributed by atoms with E-state index in [9.17, 15) is 0 Å². The second-order valence-corrected chi connectivity index (χ2v) is 5.81. The number of hydrogen-bond acceptors (Lipinski definition) is 2. The molecule has 0 N–H and O–H groups in total. The molecule has 100 valence electrons. The average molecular weight is 332 g/mol. The zero-order valence-corrected chi connectivity index (χ0v) is 13.3. The van der Waals surface area contributed by atoms with E-state index in [0.29, 0.717) is 6.04 Å². The normalized spacial score (nSPS) is 21.3. The third-order valence-corrected chi connectivity index (χ3v) is 4.63. The van der Waals surface area contributed by atoms with Crippen LogP contribution in [0.15, 0.2) is 18.2 Å². The highest BCUT2D eigenvalue weighted by molar-refractivity contribution is 9.08. The number of benzene rings is 1. The lowest BCUT2D eigenvalue weighted by molar-refractivity contribution is 0.199. The van der Waals surface area contributed by atoms with Gasteiger partial charge < -0.3 is 4.90 Å². The first kappa shape index (κ1) is 14.2. The van der Waals surface area contributed by atoms with Gasteiger partial charge >= 0.3 is 0 Å². The SMILES string of the molecule is CCN1CCN(c2ccc(CBr)cc2Cl)CC1C. The molecular formula is C14H20BrClN2. The van der Waals surface area contributed by atoms with Gasteiger partial charge in [-0.2, -0.15) is 0 Å². The molecule has 2 rings (SSSR count). The molecular weight excluding hydrogens is 312 g/mol. The summed E-state index contributed by atoms with van der Waals surface area (Å²) in [6.07, 6.45) is 0. The number of nitrogens with zero attached hydrogens (tertiary/aromatic N) is 2. The van der Waals surface area contributed by atoms with Crippen LogP contribution >= 0.6 is 27.5 Å².